The number of anilines is 1. The number of para-hydroxylation sites is 1. The summed E-state index contributed by atoms with van der Waals surface area (Å²) >= 11 is 0. The maximum atomic E-state index is 12.1. The first-order valence-electron chi connectivity index (χ1n) is 8.74. The molecule has 2 aromatic rings. The minimum atomic E-state index is -4.20. The molecule has 0 saturated heterocycles. The summed E-state index contributed by atoms with van der Waals surface area (Å²) in [5.41, 5.74) is 0.0924. The zero-order valence-electron chi connectivity index (χ0n) is 15.1. The van der Waals surface area contributed by atoms with Gasteiger partial charge in [-0.3, -0.25) is 0 Å². The summed E-state index contributed by atoms with van der Waals surface area (Å²) in [6.45, 7) is 2.66. The van der Waals surface area contributed by atoms with E-state index in [2.05, 4.69) is 12.2 Å². The molecule has 0 aliphatic heterocycles. The Morgan fingerprint density at radius 2 is 1.85 bits per heavy atom. The van der Waals surface area contributed by atoms with Gasteiger partial charge in [0.05, 0.1) is 11.3 Å². The molecule has 146 valence electrons. The number of hydrogen-bond donors (Lipinski definition) is 3. The molecule has 2 rings (SSSR count). The van der Waals surface area contributed by atoms with Gasteiger partial charge in [0.25, 0.3) is 0 Å². The molecule has 0 spiro atoms. The van der Waals surface area contributed by atoms with Gasteiger partial charge in [-0.1, -0.05) is 44.4 Å². The van der Waals surface area contributed by atoms with E-state index in [1.807, 2.05) is 0 Å². The number of ether oxygens (including phenoxy) is 1. The Morgan fingerprint density at radius 1 is 1.15 bits per heavy atom. The molecule has 7 nitrogen and oxygen atoms in total. The zero-order valence-corrected chi connectivity index (χ0v) is 16.0. The van der Waals surface area contributed by atoms with E-state index in [1.165, 1.54) is 6.07 Å². The van der Waals surface area contributed by atoms with Crippen molar-refractivity contribution in [2.24, 2.45) is 5.14 Å². The van der Waals surface area contributed by atoms with Crippen molar-refractivity contribution in [3.05, 3.63) is 48.0 Å². The van der Waals surface area contributed by atoms with Crippen LogP contribution in [0, 0.1) is 0 Å². The standard InChI is InChI=1S/C19H24N2O5S/c1-2-3-4-8-11-21-16-12-14(19(22)23)13-17(27(20,24)25)18(16)26-15-9-6-5-7-10-15/h5-7,9-10,12-13,21H,2-4,8,11H2,1H3,(H,22,23)(H2,20,24,25). The maximum absolute atomic E-state index is 12.1. The molecule has 0 radical (unpaired) electrons. The highest BCUT2D eigenvalue weighted by Crippen LogP contribution is 2.37. The molecular weight excluding hydrogens is 368 g/mol. The fraction of sp³-hybridized carbons (Fsp3) is 0.316. The zero-order chi connectivity index (χ0) is 19.9. The third kappa shape index (κ3) is 5.97. The summed E-state index contributed by atoms with van der Waals surface area (Å²) in [7, 11) is -4.20. The number of carbonyl (C=O) groups is 1. The second-order valence-electron chi connectivity index (χ2n) is 6.10. The lowest BCUT2D eigenvalue weighted by atomic mass is 10.1. The molecule has 27 heavy (non-hydrogen) atoms. The predicted octanol–water partition coefficient (Wildman–Crippen LogP) is 3.82. The van der Waals surface area contributed by atoms with Crippen molar-refractivity contribution < 1.29 is 23.1 Å². The summed E-state index contributed by atoms with van der Waals surface area (Å²) in [5, 5.41) is 17.7. The largest absolute Gasteiger partial charge is 0.478 e. The smallest absolute Gasteiger partial charge is 0.335 e. The number of carboxylic acids is 1. The topological polar surface area (TPSA) is 119 Å². The highest BCUT2D eigenvalue weighted by atomic mass is 32.2. The van der Waals surface area contributed by atoms with Crippen LogP contribution in [0.3, 0.4) is 0 Å². The molecule has 0 amide bonds. The van der Waals surface area contributed by atoms with Crippen molar-refractivity contribution >= 4 is 21.7 Å². The van der Waals surface area contributed by atoms with Gasteiger partial charge in [0.15, 0.2) is 5.75 Å². The molecule has 0 bridgehead atoms. The van der Waals surface area contributed by atoms with Crippen LogP contribution in [0.5, 0.6) is 11.5 Å². The average molecular weight is 392 g/mol. The Bertz CT molecular complexity index is 882. The van der Waals surface area contributed by atoms with Crippen LogP contribution in [0.2, 0.25) is 0 Å². The second-order valence-corrected chi connectivity index (χ2v) is 7.63. The highest BCUT2D eigenvalue weighted by molar-refractivity contribution is 7.89. The van der Waals surface area contributed by atoms with Gasteiger partial charge in [-0.05, 0) is 30.7 Å². The quantitative estimate of drug-likeness (QED) is 0.529. The van der Waals surface area contributed by atoms with Gasteiger partial charge in [-0.25, -0.2) is 18.4 Å². The first-order chi connectivity index (χ1) is 12.8. The summed E-state index contributed by atoms with van der Waals surface area (Å²) in [4.78, 5) is 11.0. The molecule has 4 N–H and O–H groups in total. The lowest BCUT2D eigenvalue weighted by Gasteiger charge is -2.17. The number of nitrogens with one attached hydrogen (secondary N) is 1. The average Bonchev–Trinajstić information content (AvgIpc) is 2.62. The van der Waals surface area contributed by atoms with E-state index in [1.54, 1.807) is 30.3 Å². The SMILES string of the molecule is CCCCCCNc1cc(C(=O)O)cc(S(N)(=O)=O)c1Oc1ccccc1. The number of nitrogens with two attached hydrogens (primary N) is 1. The molecule has 0 saturated carbocycles. The summed E-state index contributed by atoms with van der Waals surface area (Å²) < 4.78 is 29.9. The summed E-state index contributed by atoms with van der Waals surface area (Å²) in [5.74, 6) is -0.844. The molecule has 0 aromatic heterocycles. The van der Waals surface area contributed by atoms with Crippen LogP contribution >= 0.6 is 0 Å². The van der Waals surface area contributed by atoms with Crippen LogP contribution in [-0.2, 0) is 10.0 Å². The molecular formula is C19H24N2O5S. The van der Waals surface area contributed by atoms with E-state index >= 15 is 0 Å². The lowest BCUT2D eigenvalue weighted by Crippen LogP contribution is -2.16. The first kappa shape index (κ1) is 20.7. The molecule has 0 aliphatic rings. The van der Waals surface area contributed by atoms with Crippen molar-refractivity contribution in [2.45, 2.75) is 37.5 Å². The van der Waals surface area contributed by atoms with E-state index in [0.29, 0.717) is 12.3 Å². The fourth-order valence-corrected chi connectivity index (χ4v) is 3.26. The van der Waals surface area contributed by atoms with Gasteiger partial charge in [-0.15, -0.1) is 0 Å². The summed E-state index contributed by atoms with van der Waals surface area (Å²) in [6, 6.07) is 11.0. The summed E-state index contributed by atoms with van der Waals surface area (Å²) in [6.07, 6.45) is 4.05. The van der Waals surface area contributed by atoms with Gasteiger partial charge in [0, 0.05) is 6.54 Å². The Balaban J connectivity index is 2.45. The Morgan fingerprint density at radius 3 is 2.44 bits per heavy atom. The van der Waals surface area contributed by atoms with Crippen LogP contribution in [0.4, 0.5) is 5.69 Å². The van der Waals surface area contributed by atoms with Gasteiger partial charge in [-0.2, -0.15) is 0 Å². The third-order valence-electron chi connectivity index (χ3n) is 3.92. The van der Waals surface area contributed by atoms with E-state index in [4.69, 9.17) is 9.88 Å². The van der Waals surface area contributed by atoms with E-state index in [-0.39, 0.29) is 21.9 Å². The number of hydrogen-bond acceptors (Lipinski definition) is 5. The van der Waals surface area contributed by atoms with Crippen molar-refractivity contribution in [2.75, 3.05) is 11.9 Å². The highest BCUT2D eigenvalue weighted by Gasteiger charge is 2.23. The van der Waals surface area contributed by atoms with Crippen molar-refractivity contribution in [1.82, 2.24) is 0 Å². The Kier molecular flexibility index (Phi) is 7.20. The van der Waals surface area contributed by atoms with Gasteiger partial charge < -0.3 is 15.2 Å². The Labute approximate surface area is 159 Å². The number of sulfonamides is 1. The van der Waals surface area contributed by atoms with Crippen LogP contribution in [0.15, 0.2) is 47.4 Å². The minimum Gasteiger partial charge on any atom is -0.478 e. The molecule has 0 aliphatic carbocycles. The number of carboxylic acid groups (broad SMARTS) is 1. The normalized spacial score (nSPS) is 11.2. The first-order valence-corrected chi connectivity index (χ1v) is 10.3. The van der Waals surface area contributed by atoms with E-state index < -0.39 is 16.0 Å². The van der Waals surface area contributed by atoms with Crippen LogP contribution in [0.1, 0.15) is 43.0 Å². The van der Waals surface area contributed by atoms with Crippen molar-refractivity contribution in [1.29, 1.82) is 0 Å². The number of aromatic carboxylic acids is 1. The van der Waals surface area contributed by atoms with Gasteiger partial charge in [0.2, 0.25) is 10.0 Å². The third-order valence-corrected chi connectivity index (χ3v) is 4.83. The van der Waals surface area contributed by atoms with Crippen LogP contribution in [-0.4, -0.2) is 26.0 Å². The van der Waals surface area contributed by atoms with Crippen LogP contribution < -0.4 is 15.2 Å². The number of benzene rings is 2. The van der Waals surface area contributed by atoms with Crippen molar-refractivity contribution in [3.63, 3.8) is 0 Å². The number of unbranched alkanes of at least 4 members (excludes halogenated alkanes) is 3. The molecule has 0 heterocycles. The number of primary sulfonamides is 1. The van der Waals surface area contributed by atoms with Crippen LogP contribution in [0.25, 0.3) is 0 Å². The maximum Gasteiger partial charge on any atom is 0.335 e. The predicted molar refractivity (Wildman–Crippen MR) is 104 cm³/mol. The molecule has 0 unspecified atom stereocenters. The second kappa shape index (κ2) is 9.38. The van der Waals surface area contributed by atoms with Gasteiger partial charge in [0.1, 0.15) is 10.6 Å². The minimum absolute atomic E-state index is 0.0100. The van der Waals surface area contributed by atoms with E-state index in [0.717, 1.165) is 31.7 Å². The van der Waals surface area contributed by atoms with E-state index in [9.17, 15) is 18.3 Å². The van der Waals surface area contributed by atoms with Gasteiger partial charge >= 0.3 is 5.97 Å². The number of rotatable bonds is 10. The molecule has 2 aromatic carbocycles. The van der Waals surface area contributed by atoms with Crippen molar-refractivity contribution in [3.8, 4) is 11.5 Å². The molecule has 0 atom stereocenters. The monoisotopic (exact) mass is 392 g/mol. The lowest BCUT2D eigenvalue weighted by molar-refractivity contribution is 0.0696. The molecule has 0 fully saturated rings. The fourth-order valence-electron chi connectivity index (χ4n) is 2.55. The Hall–Kier alpha value is -2.58. The molecule has 8 heteroatoms.